The van der Waals surface area contributed by atoms with E-state index in [0.29, 0.717) is 0 Å². The zero-order valence-corrected chi connectivity index (χ0v) is 20.4. The number of hydrazone groups is 1. The lowest BCUT2D eigenvalue weighted by atomic mass is 10.0. The van der Waals surface area contributed by atoms with Gasteiger partial charge in [-0.15, -0.1) is 0 Å². The summed E-state index contributed by atoms with van der Waals surface area (Å²) in [4.78, 5) is 12.7. The Morgan fingerprint density at radius 2 is 1.69 bits per heavy atom. The Hall–Kier alpha value is -4.04. The number of rotatable bonds is 7. The Balaban J connectivity index is 1.40. The van der Waals surface area contributed by atoms with Crippen molar-refractivity contribution in [2.45, 2.75) is 24.7 Å². The number of halogens is 1. The number of amides is 1. The summed E-state index contributed by atoms with van der Waals surface area (Å²) in [5.41, 5.74) is 6.49. The van der Waals surface area contributed by atoms with Crippen molar-refractivity contribution in [3.05, 3.63) is 107 Å². The van der Waals surface area contributed by atoms with Crippen molar-refractivity contribution in [2.24, 2.45) is 5.10 Å². The SMILES string of the molecule is Cc1ccc(S(=O)(=O)N(CC(=O)N/N=C\c2ccc3c4c(cccc24)CC3)c2ccccc2F)cc1. The van der Waals surface area contributed by atoms with Crippen molar-refractivity contribution in [3.8, 4) is 0 Å². The number of sulfonamides is 1. The summed E-state index contributed by atoms with van der Waals surface area (Å²) in [6.07, 6.45) is 3.55. The lowest BCUT2D eigenvalue weighted by Gasteiger charge is -2.24. The third-order valence-electron chi connectivity index (χ3n) is 6.32. The largest absolute Gasteiger partial charge is 0.271 e. The average molecular weight is 502 g/mol. The molecule has 0 saturated carbocycles. The predicted octanol–water partition coefficient (Wildman–Crippen LogP) is 4.73. The number of hydrogen-bond donors (Lipinski definition) is 1. The molecule has 5 rings (SSSR count). The Bertz CT molecular complexity index is 1590. The molecular formula is C28H24FN3O3S. The third kappa shape index (κ3) is 4.47. The van der Waals surface area contributed by atoms with E-state index in [0.717, 1.165) is 39.7 Å². The molecular weight excluding hydrogens is 477 g/mol. The van der Waals surface area contributed by atoms with Crippen LogP contribution in [0.25, 0.3) is 10.8 Å². The fourth-order valence-corrected chi connectivity index (χ4v) is 5.94. The molecule has 4 aromatic rings. The van der Waals surface area contributed by atoms with Crippen molar-refractivity contribution in [1.29, 1.82) is 0 Å². The van der Waals surface area contributed by atoms with Crippen molar-refractivity contribution < 1.29 is 17.6 Å². The molecule has 6 nitrogen and oxygen atoms in total. The van der Waals surface area contributed by atoms with Crippen LogP contribution in [-0.4, -0.2) is 27.1 Å². The number of aryl methyl sites for hydroxylation is 3. The fraction of sp³-hybridized carbons (Fsp3) is 0.143. The van der Waals surface area contributed by atoms with Gasteiger partial charge in [0.1, 0.15) is 12.4 Å². The number of hydrogen-bond acceptors (Lipinski definition) is 4. The molecule has 1 aliphatic carbocycles. The number of nitrogens with one attached hydrogen (secondary N) is 1. The van der Waals surface area contributed by atoms with Gasteiger partial charge in [0.15, 0.2) is 0 Å². The lowest BCUT2D eigenvalue weighted by Crippen LogP contribution is -2.40. The van der Waals surface area contributed by atoms with Gasteiger partial charge < -0.3 is 0 Å². The van der Waals surface area contributed by atoms with Gasteiger partial charge in [-0.1, -0.05) is 60.2 Å². The maximum Gasteiger partial charge on any atom is 0.264 e. The molecule has 0 unspecified atom stereocenters. The number of carbonyl (C=O) groups is 1. The highest BCUT2D eigenvalue weighted by atomic mass is 32.2. The van der Waals surface area contributed by atoms with Crippen LogP contribution in [0.4, 0.5) is 10.1 Å². The van der Waals surface area contributed by atoms with E-state index < -0.39 is 28.3 Å². The molecule has 0 aliphatic heterocycles. The minimum absolute atomic E-state index is 0.0412. The summed E-state index contributed by atoms with van der Waals surface area (Å²) in [7, 11) is -4.22. The molecule has 1 amide bonds. The molecule has 1 N–H and O–H groups in total. The van der Waals surface area contributed by atoms with Gasteiger partial charge >= 0.3 is 0 Å². The van der Waals surface area contributed by atoms with Crippen LogP contribution in [0.15, 0.2) is 88.9 Å². The molecule has 0 spiro atoms. The Morgan fingerprint density at radius 1 is 0.972 bits per heavy atom. The first-order valence-corrected chi connectivity index (χ1v) is 13.0. The van der Waals surface area contributed by atoms with E-state index in [1.54, 1.807) is 18.3 Å². The molecule has 0 saturated heterocycles. The first-order chi connectivity index (χ1) is 17.3. The van der Waals surface area contributed by atoms with Crippen LogP contribution in [0.5, 0.6) is 0 Å². The topological polar surface area (TPSA) is 78.8 Å². The second kappa shape index (κ2) is 9.54. The second-order valence-corrected chi connectivity index (χ2v) is 10.6. The van der Waals surface area contributed by atoms with E-state index in [9.17, 15) is 17.6 Å². The van der Waals surface area contributed by atoms with Gasteiger partial charge in [-0.25, -0.2) is 18.2 Å². The molecule has 0 fully saturated rings. The molecule has 0 radical (unpaired) electrons. The van der Waals surface area contributed by atoms with E-state index in [2.05, 4.69) is 22.7 Å². The summed E-state index contributed by atoms with van der Waals surface area (Å²) in [5.74, 6) is -1.45. The Labute approximate surface area is 209 Å². The fourth-order valence-electron chi connectivity index (χ4n) is 4.51. The smallest absolute Gasteiger partial charge is 0.264 e. The molecule has 1 aliphatic rings. The van der Waals surface area contributed by atoms with Gasteiger partial charge in [0.2, 0.25) is 0 Å². The van der Waals surface area contributed by atoms with E-state index >= 15 is 0 Å². The van der Waals surface area contributed by atoms with E-state index in [4.69, 9.17) is 0 Å². The normalized spacial score (nSPS) is 12.8. The highest BCUT2D eigenvalue weighted by Crippen LogP contribution is 2.32. The van der Waals surface area contributed by atoms with Crippen molar-refractivity contribution in [3.63, 3.8) is 0 Å². The van der Waals surface area contributed by atoms with Crippen LogP contribution >= 0.6 is 0 Å². The third-order valence-corrected chi connectivity index (χ3v) is 8.09. The van der Waals surface area contributed by atoms with Gasteiger partial charge in [-0.3, -0.25) is 9.10 Å². The van der Waals surface area contributed by atoms with Gasteiger partial charge in [-0.2, -0.15) is 5.10 Å². The van der Waals surface area contributed by atoms with Crippen LogP contribution in [0.2, 0.25) is 0 Å². The van der Waals surface area contributed by atoms with Crippen LogP contribution in [0.3, 0.4) is 0 Å². The van der Waals surface area contributed by atoms with Gasteiger partial charge in [-0.05, 0) is 65.9 Å². The number of nitrogens with zero attached hydrogens (tertiary/aromatic N) is 2. The van der Waals surface area contributed by atoms with Crippen LogP contribution in [-0.2, 0) is 27.7 Å². The second-order valence-electron chi connectivity index (χ2n) is 8.72. The quantitative estimate of drug-likeness (QED) is 0.294. The number of benzene rings is 4. The van der Waals surface area contributed by atoms with Crippen molar-refractivity contribution in [2.75, 3.05) is 10.8 Å². The number of para-hydroxylation sites is 1. The Kier molecular flexibility index (Phi) is 6.28. The van der Waals surface area contributed by atoms with Crippen molar-refractivity contribution in [1.82, 2.24) is 5.43 Å². The van der Waals surface area contributed by atoms with Gasteiger partial charge in [0.05, 0.1) is 16.8 Å². The first-order valence-electron chi connectivity index (χ1n) is 11.5. The molecule has 4 aromatic carbocycles. The zero-order chi connectivity index (χ0) is 25.3. The highest BCUT2D eigenvalue weighted by Gasteiger charge is 2.29. The van der Waals surface area contributed by atoms with E-state index in [1.165, 1.54) is 46.8 Å². The number of anilines is 1. The minimum Gasteiger partial charge on any atom is -0.271 e. The maximum absolute atomic E-state index is 14.6. The molecule has 0 aromatic heterocycles. The highest BCUT2D eigenvalue weighted by molar-refractivity contribution is 7.92. The minimum atomic E-state index is -4.22. The number of carbonyl (C=O) groups excluding carboxylic acids is 1. The van der Waals surface area contributed by atoms with Crippen LogP contribution in [0, 0.1) is 12.7 Å². The lowest BCUT2D eigenvalue weighted by molar-refractivity contribution is -0.119. The zero-order valence-electron chi connectivity index (χ0n) is 19.6. The summed E-state index contributed by atoms with van der Waals surface area (Å²) >= 11 is 0. The predicted molar refractivity (Wildman–Crippen MR) is 139 cm³/mol. The average Bonchev–Trinajstić information content (AvgIpc) is 3.29. The Morgan fingerprint density at radius 3 is 2.44 bits per heavy atom. The molecule has 8 heteroatoms. The van der Waals surface area contributed by atoms with E-state index in [-0.39, 0.29) is 10.6 Å². The summed E-state index contributed by atoms with van der Waals surface area (Å²) in [6.45, 7) is 1.19. The van der Waals surface area contributed by atoms with Gasteiger partial charge in [0.25, 0.3) is 15.9 Å². The summed E-state index contributed by atoms with van der Waals surface area (Å²) in [5, 5.41) is 6.34. The van der Waals surface area contributed by atoms with Gasteiger partial charge in [0, 0.05) is 5.56 Å². The monoisotopic (exact) mass is 501 g/mol. The van der Waals surface area contributed by atoms with Crippen LogP contribution in [0.1, 0.15) is 22.3 Å². The standard InChI is InChI=1S/C28H24FN3O3S/c1-19-9-15-23(16-10-19)36(34,35)32(26-8-3-2-7-25(26)29)18-27(33)31-30-17-22-14-13-21-12-11-20-5-4-6-24(22)28(20)21/h2-10,13-17H,11-12,18H2,1H3,(H,31,33)/b30-17-. The first kappa shape index (κ1) is 23.7. The molecule has 182 valence electrons. The summed E-state index contributed by atoms with van der Waals surface area (Å²) in [6, 6.07) is 21.8. The van der Waals surface area contributed by atoms with E-state index in [1.807, 2.05) is 25.1 Å². The molecule has 36 heavy (non-hydrogen) atoms. The molecule has 0 bridgehead atoms. The summed E-state index contributed by atoms with van der Waals surface area (Å²) < 4.78 is 42.2. The molecule has 0 atom stereocenters. The molecule has 0 heterocycles. The van der Waals surface area contributed by atoms with Crippen molar-refractivity contribution >= 4 is 38.6 Å². The maximum atomic E-state index is 14.6. The van der Waals surface area contributed by atoms with Crippen LogP contribution < -0.4 is 9.73 Å².